The van der Waals surface area contributed by atoms with Crippen molar-refractivity contribution in [2.75, 3.05) is 0 Å². The molecular weight excluding hydrogens is 317 g/mol. The Kier molecular flexibility index (Phi) is 4.14. The lowest BCUT2D eigenvalue weighted by Gasteiger charge is -2.05. The highest BCUT2D eigenvalue weighted by Crippen LogP contribution is 2.18. The Bertz CT molecular complexity index is 582. The van der Waals surface area contributed by atoms with Crippen molar-refractivity contribution in [1.29, 1.82) is 0 Å². The first kappa shape index (κ1) is 13.2. The van der Waals surface area contributed by atoms with E-state index in [1.54, 1.807) is 11.3 Å². The number of rotatable bonds is 3. The lowest BCUT2D eigenvalue weighted by molar-refractivity contribution is 0.0951. The fraction of sp³-hybridized carbons (Fsp3) is 0.154. The molecule has 0 spiro atoms. The third-order valence-electron chi connectivity index (χ3n) is 2.56. The van der Waals surface area contributed by atoms with Crippen molar-refractivity contribution in [1.82, 2.24) is 5.32 Å². The number of hydrogen-bond donors (Lipinski definition) is 1. The van der Waals surface area contributed by atoms with Crippen molar-refractivity contribution < 1.29 is 9.18 Å². The summed E-state index contributed by atoms with van der Waals surface area (Å²) >= 11 is 4.67. The Morgan fingerprint density at radius 2 is 2.22 bits per heavy atom. The summed E-state index contributed by atoms with van der Waals surface area (Å²) in [6, 6.07) is 6.23. The van der Waals surface area contributed by atoms with Gasteiger partial charge in [0.2, 0.25) is 0 Å². The molecule has 0 saturated heterocycles. The van der Waals surface area contributed by atoms with E-state index in [-0.39, 0.29) is 11.7 Å². The van der Waals surface area contributed by atoms with E-state index in [0.29, 0.717) is 16.6 Å². The number of nitrogens with one attached hydrogen (secondary N) is 1. The summed E-state index contributed by atoms with van der Waals surface area (Å²) in [5.41, 5.74) is 1.61. The number of thiophene rings is 1. The molecule has 0 unspecified atom stereocenters. The van der Waals surface area contributed by atoms with Crippen LogP contribution in [0.2, 0.25) is 0 Å². The van der Waals surface area contributed by atoms with E-state index >= 15 is 0 Å². The Morgan fingerprint density at radius 3 is 2.83 bits per heavy atom. The van der Waals surface area contributed by atoms with Crippen LogP contribution in [0.3, 0.4) is 0 Å². The van der Waals surface area contributed by atoms with Crippen LogP contribution in [0.25, 0.3) is 0 Å². The monoisotopic (exact) mass is 327 g/mol. The topological polar surface area (TPSA) is 29.1 Å². The predicted octanol–water partition coefficient (Wildman–Crippen LogP) is 3.89. The first-order chi connectivity index (χ1) is 8.58. The number of carbonyl (C=O) groups excluding carboxylic acids is 1. The van der Waals surface area contributed by atoms with Gasteiger partial charge in [0.05, 0.1) is 11.0 Å². The number of aryl methyl sites for hydroxylation is 1. The molecule has 2 rings (SSSR count). The Morgan fingerprint density at radius 1 is 1.44 bits per heavy atom. The van der Waals surface area contributed by atoms with E-state index in [2.05, 4.69) is 21.2 Å². The molecular formula is C13H11BrFNOS. The van der Waals surface area contributed by atoms with Crippen molar-refractivity contribution in [2.24, 2.45) is 0 Å². The van der Waals surface area contributed by atoms with Gasteiger partial charge in [-0.3, -0.25) is 4.79 Å². The second kappa shape index (κ2) is 5.63. The largest absolute Gasteiger partial charge is 0.347 e. The van der Waals surface area contributed by atoms with Crippen LogP contribution in [0.1, 0.15) is 20.8 Å². The van der Waals surface area contributed by atoms with Crippen LogP contribution in [-0.2, 0) is 6.54 Å². The molecule has 5 heteroatoms. The fourth-order valence-electron chi connectivity index (χ4n) is 1.49. The van der Waals surface area contributed by atoms with Crippen molar-refractivity contribution >= 4 is 33.2 Å². The SMILES string of the molecule is Cc1ccsc1CNC(=O)c1ccc(F)c(Br)c1. The Labute approximate surface area is 117 Å². The summed E-state index contributed by atoms with van der Waals surface area (Å²) in [4.78, 5) is 13.0. The van der Waals surface area contributed by atoms with Gasteiger partial charge in [-0.05, 0) is 58.1 Å². The molecule has 1 heterocycles. The van der Waals surface area contributed by atoms with Crippen LogP contribution in [0, 0.1) is 12.7 Å². The summed E-state index contributed by atoms with van der Waals surface area (Å²) < 4.78 is 13.3. The van der Waals surface area contributed by atoms with Gasteiger partial charge in [0.1, 0.15) is 5.82 Å². The van der Waals surface area contributed by atoms with Crippen LogP contribution in [0.4, 0.5) is 4.39 Å². The molecule has 94 valence electrons. The van der Waals surface area contributed by atoms with Crippen molar-refractivity contribution in [3.05, 3.63) is 55.9 Å². The molecule has 0 atom stereocenters. The standard InChI is InChI=1S/C13H11BrFNOS/c1-8-4-5-18-12(8)7-16-13(17)9-2-3-11(15)10(14)6-9/h2-6H,7H2,1H3,(H,16,17). The van der Waals surface area contributed by atoms with E-state index < -0.39 is 0 Å². The molecule has 0 aliphatic heterocycles. The van der Waals surface area contributed by atoms with E-state index in [9.17, 15) is 9.18 Å². The zero-order valence-electron chi connectivity index (χ0n) is 9.67. The maximum absolute atomic E-state index is 13.0. The third kappa shape index (κ3) is 2.97. The molecule has 0 aliphatic carbocycles. The van der Waals surface area contributed by atoms with Crippen molar-refractivity contribution in [2.45, 2.75) is 13.5 Å². The number of amides is 1. The summed E-state index contributed by atoms with van der Waals surface area (Å²) in [7, 11) is 0. The quantitative estimate of drug-likeness (QED) is 0.910. The number of hydrogen-bond acceptors (Lipinski definition) is 2. The highest BCUT2D eigenvalue weighted by molar-refractivity contribution is 9.10. The van der Waals surface area contributed by atoms with Crippen LogP contribution in [-0.4, -0.2) is 5.91 Å². The van der Waals surface area contributed by atoms with E-state index in [0.717, 1.165) is 4.88 Å². The molecule has 0 aliphatic rings. The van der Waals surface area contributed by atoms with Crippen molar-refractivity contribution in [3.8, 4) is 0 Å². The minimum absolute atomic E-state index is 0.205. The minimum Gasteiger partial charge on any atom is -0.347 e. The van der Waals surface area contributed by atoms with Crippen LogP contribution >= 0.6 is 27.3 Å². The molecule has 0 saturated carbocycles. The lowest BCUT2D eigenvalue weighted by atomic mass is 10.2. The molecule has 2 aromatic rings. The van der Waals surface area contributed by atoms with E-state index in [4.69, 9.17) is 0 Å². The average Bonchev–Trinajstić information content (AvgIpc) is 2.75. The van der Waals surface area contributed by atoms with E-state index in [1.807, 2.05) is 18.4 Å². The summed E-state index contributed by atoms with van der Waals surface area (Å²) in [5.74, 6) is -0.579. The van der Waals surface area contributed by atoms with Crippen LogP contribution in [0.5, 0.6) is 0 Å². The van der Waals surface area contributed by atoms with Gasteiger partial charge in [-0.1, -0.05) is 0 Å². The fourth-order valence-corrected chi connectivity index (χ4v) is 2.71. The second-order valence-corrected chi connectivity index (χ2v) is 5.69. The minimum atomic E-state index is -0.374. The number of halogens is 2. The van der Waals surface area contributed by atoms with Gasteiger partial charge >= 0.3 is 0 Å². The lowest BCUT2D eigenvalue weighted by Crippen LogP contribution is -2.22. The predicted molar refractivity (Wildman–Crippen MR) is 74.3 cm³/mol. The van der Waals surface area contributed by atoms with Gasteiger partial charge in [-0.15, -0.1) is 11.3 Å². The van der Waals surface area contributed by atoms with Gasteiger partial charge in [0, 0.05) is 10.4 Å². The summed E-state index contributed by atoms with van der Waals surface area (Å²) in [6.45, 7) is 2.50. The van der Waals surface area contributed by atoms with Crippen molar-refractivity contribution in [3.63, 3.8) is 0 Å². The summed E-state index contributed by atoms with van der Waals surface area (Å²) in [6.07, 6.45) is 0. The smallest absolute Gasteiger partial charge is 0.251 e. The molecule has 1 amide bonds. The molecule has 0 fully saturated rings. The zero-order chi connectivity index (χ0) is 13.1. The number of benzene rings is 1. The normalized spacial score (nSPS) is 10.4. The van der Waals surface area contributed by atoms with Gasteiger partial charge in [-0.2, -0.15) is 0 Å². The molecule has 0 radical (unpaired) electrons. The molecule has 18 heavy (non-hydrogen) atoms. The first-order valence-corrected chi connectivity index (χ1v) is 7.01. The highest BCUT2D eigenvalue weighted by Gasteiger charge is 2.09. The van der Waals surface area contributed by atoms with Gasteiger partial charge < -0.3 is 5.32 Å². The van der Waals surface area contributed by atoms with Crippen LogP contribution < -0.4 is 5.32 Å². The Balaban J connectivity index is 2.04. The van der Waals surface area contributed by atoms with E-state index in [1.165, 1.54) is 23.8 Å². The zero-order valence-corrected chi connectivity index (χ0v) is 12.1. The molecule has 2 nitrogen and oxygen atoms in total. The maximum Gasteiger partial charge on any atom is 0.251 e. The highest BCUT2D eigenvalue weighted by atomic mass is 79.9. The summed E-state index contributed by atoms with van der Waals surface area (Å²) in [5, 5.41) is 4.81. The van der Waals surface area contributed by atoms with Gasteiger partial charge in [-0.25, -0.2) is 4.39 Å². The molecule has 0 bridgehead atoms. The third-order valence-corrected chi connectivity index (χ3v) is 4.19. The van der Waals surface area contributed by atoms with Crippen LogP contribution in [0.15, 0.2) is 34.1 Å². The maximum atomic E-state index is 13.0. The Hall–Kier alpha value is -1.20. The second-order valence-electron chi connectivity index (χ2n) is 3.84. The van der Waals surface area contributed by atoms with Gasteiger partial charge in [0.15, 0.2) is 0 Å². The van der Waals surface area contributed by atoms with Gasteiger partial charge in [0.25, 0.3) is 5.91 Å². The number of carbonyl (C=O) groups is 1. The first-order valence-electron chi connectivity index (χ1n) is 5.34. The molecule has 1 N–H and O–H groups in total. The molecule has 1 aromatic carbocycles. The molecule has 1 aromatic heterocycles. The average molecular weight is 328 g/mol.